The average molecular weight is 276 g/mol. The first-order valence-electron chi connectivity index (χ1n) is 8.43. The first-order valence-corrected chi connectivity index (χ1v) is 8.43. The van der Waals surface area contributed by atoms with Crippen molar-refractivity contribution in [2.24, 2.45) is 47.3 Å². The normalized spacial score (nSPS) is 60.1. The summed E-state index contributed by atoms with van der Waals surface area (Å²) in [6.07, 6.45) is 22.2. The van der Waals surface area contributed by atoms with Gasteiger partial charge in [-0.05, 0) is 47.5 Å². The van der Waals surface area contributed by atoms with E-state index >= 15 is 0 Å². The second kappa shape index (κ2) is 3.35. The van der Waals surface area contributed by atoms with Crippen molar-refractivity contribution in [2.75, 3.05) is 0 Å². The maximum Gasteiger partial charge on any atom is 0.0934 e. The predicted molar refractivity (Wildman–Crippen MR) is 82.1 cm³/mol. The molecule has 0 aromatic carbocycles. The minimum Gasteiger partial charge on any atom is -0.385 e. The molecule has 1 fully saturated rings. The maximum absolute atomic E-state index is 11.6. The first-order chi connectivity index (χ1) is 10.3. The van der Waals surface area contributed by atoms with E-state index in [9.17, 15) is 5.11 Å². The van der Waals surface area contributed by atoms with Crippen LogP contribution < -0.4 is 0 Å². The summed E-state index contributed by atoms with van der Waals surface area (Å²) < 4.78 is 0. The summed E-state index contributed by atoms with van der Waals surface area (Å²) in [6.45, 7) is 0. The standard InChI is InChI=1S/C20H20O/c21-20(10-14-4-2-12-6-8-16(20)19(12)14)17-9-13-3-1-11-5-7-15(17)18(11)13/h1-9,11-16,18-19,21H,10H2/t11-,12-,13+,14+,15+,16-,18-,19+,20+/m1/s1. The van der Waals surface area contributed by atoms with Gasteiger partial charge < -0.3 is 5.11 Å². The highest BCUT2D eigenvalue weighted by atomic mass is 16.3. The number of rotatable bonds is 1. The Morgan fingerprint density at radius 2 is 1.52 bits per heavy atom. The van der Waals surface area contributed by atoms with Gasteiger partial charge >= 0.3 is 0 Å². The van der Waals surface area contributed by atoms with Crippen molar-refractivity contribution in [3.63, 3.8) is 0 Å². The third-order valence-corrected chi connectivity index (χ3v) is 7.20. The van der Waals surface area contributed by atoms with Gasteiger partial charge in [-0.25, -0.2) is 0 Å². The fourth-order valence-corrected chi connectivity index (χ4v) is 6.42. The lowest BCUT2D eigenvalue weighted by molar-refractivity contribution is 0.0405. The molecule has 0 radical (unpaired) electrons. The Morgan fingerprint density at radius 3 is 2.48 bits per heavy atom. The minimum atomic E-state index is -0.590. The van der Waals surface area contributed by atoms with Gasteiger partial charge in [-0.1, -0.05) is 54.7 Å². The Morgan fingerprint density at radius 1 is 0.810 bits per heavy atom. The van der Waals surface area contributed by atoms with Crippen LogP contribution >= 0.6 is 0 Å². The fourth-order valence-electron chi connectivity index (χ4n) is 6.42. The highest BCUT2D eigenvalue weighted by Gasteiger charge is 2.61. The van der Waals surface area contributed by atoms with Crippen LogP contribution in [0.25, 0.3) is 0 Å². The summed E-state index contributed by atoms with van der Waals surface area (Å²) in [5.74, 6) is 4.48. The summed E-state index contributed by atoms with van der Waals surface area (Å²) in [6, 6.07) is 0. The zero-order valence-electron chi connectivity index (χ0n) is 12.0. The number of hydrogen-bond donors (Lipinski definition) is 1. The molecule has 0 spiro atoms. The van der Waals surface area contributed by atoms with Crippen LogP contribution in [0, 0.1) is 47.3 Å². The van der Waals surface area contributed by atoms with Gasteiger partial charge in [-0.2, -0.15) is 0 Å². The molecule has 106 valence electrons. The van der Waals surface area contributed by atoms with Crippen LogP contribution in [0.2, 0.25) is 0 Å². The SMILES string of the molecule is O[C@@]1(C2=C[C@@H]3C=C[C@@H]4C=C[C@@H]2[C@H]43)C[C@@H]2C=C[C@@H]3C=C[C@@H]1[C@@H]32. The van der Waals surface area contributed by atoms with E-state index in [1.54, 1.807) is 0 Å². The van der Waals surface area contributed by atoms with E-state index in [2.05, 4.69) is 54.7 Å². The number of aliphatic hydroxyl groups is 1. The first kappa shape index (κ1) is 11.3. The molecule has 6 aliphatic rings. The Hall–Kier alpha value is -1.34. The molecule has 21 heavy (non-hydrogen) atoms. The summed E-state index contributed by atoms with van der Waals surface area (Å²) in [5.41, 5.74) is 0.756. The van der Waals surface area contributed by atoms with Crippen LogP contribution in [0.3, 0.4) is 0 Å². The van der Waals surface area contributed by atoms with Crippen LogP contribution in [0.4, 0.5) is 0 Å². The molecular formula is C20H20O. The molecule has 1 N–H and O–H groups in total. The largest absolute Gasteiger partial charge is 0.385 e. The molecule has 1 heteroatoms. The molecule has 0 bridgehead atoms. The summed E-state index contributed by atoms with van der Waals surface area (Å²) in [5, 5.41) is 11.6. The van der Waals surface area contributed by atoms with Crippen molar-refractivity contribution in [1.29, 1.82) is 0 Å². The van der Waals surface area contributed by atoms with Crippen molar-refractivity contribution in [1.82, 2.24) is 0 Å². The van der Waals surface area contributed by atoms with Gasteiger partial charge in [0.25, 0.3) is 0 Å². The number of hydrogen-bond acceptors (Lipinski definition) is 1. The van der Waals surface area contributed by atoms with Gasteiger partial charge in [0.15, 0.2) is 0 Å². The molecular weight excluding hydrogens is 256 g/mol. The molecule has 0 unspecified atom stereocenters. The van der Waals surface area contributed by atoms with Crippen LogP contribution in [-0.4, -0.2) is 10.7 Å². The highest BCUT2D eigenvalue weighted by molar-refractivity contribution is 5.45. The van der Waals surface area contributed by atoms with E-state index < -0.39 is 5.60 Å². The van der Waals surface area contributed by atoms with Crippen LogP contribution in [-0.2, 0) is 0 Å². The Balaban J connectivity index is 1.47. The van der Waals surface area contributed by atoms with Crippen molar-refractivity contribution in [3.8, 4) is 0 Å². The van der Waals surface area contributed by atoms with E-state index in [0.29, 0.717) is 47.3 Å². The van der Waals surface area contributed by atoms with E-state index in [4.69, 9.17) is 0 Å². The van der Waals surface area contributed by atoms with Gasteiger partial charge in [0.05, 0.1) is 5.60 Å². The molecule has 0 amide bonds. The predicted octanol–water partition coefficient (Wildman–Crippen LogP) is 3.27. The van der Waals surface area contributed by atoms with E-state index in [0.717, 1.165) is 6.42 Å². The Kier molecular flexibility index (Phi) is 1.80. The average Bonchev–Trinajstić information content (AvgIpc) is 3.22. The lowest BCUT2D eigenvalue weighted by Crippen LogP contribution is -2.38. The third kappa shape index (κ3) is 1.13. The van der Waals surface area contributed by atoms with Crippen molar-refractivity contribution in [2.45, 2.75) is 12.0 Å². The van der Waals surface area contributed by atoms with Crippen LogP contribution in [0.5, 0.6) is 0 Å². The van der Waals surface area contributed by atoms with Gasteiger partial charge in [-0.15, -0.1) is 0 Å². The quantitative estimate of drug-likeness (QED) is 0.729. The van der Waals surface area contributed by atoms with Gasteiger partial charge in [0.2, 0.25) is 0 Å². The van der Waals surface area contributed by atoms with E-state index in [1.807, 2.05) is 0 Å². The fraction of sp³-hybridized carbons (Fsp3) is 0.500. The minimum absolute atomic E-state index is 0.337. The number of allylic oxidation sites excluding steroid dienone is 8. The van der Waals surface area contributed by atoms with E-state index in [-0.39, 0.29) is 0 Å². The smallest absolute Gasteiger partial charge is 0.0934 e. The molecule has 6 rings (SSSR count). The monoisotopic (exact) mass is 276 g/mol. The van der Waals surface area contributed by atoms with Crippen molar-refractivity contribution >= 4 is 0 Å². The summed E-state index contributed by atoms with van der Waals surface area (Å²) >= 11 is 0. The molecule has 0 saturated heterocycles. The van der Waals surface area contributed by atoms with E-state index in [1.165, 1.54) is 5.57 Å². The van der Waals surface area contributed by atoms with Gasteiger partial charge in [0.1, 0.15) is 0 Å². The second-order valence-electron chi connectivity index (χ2n) is 7.89. The zero-order valence-corrected chi connectivity index (χ0v) is 12.0. The molecule has 9 atom stereocenters. The third-order valence-electron chi connectivity index (χ3n) is 7.20. The van der Waals surface area contributed by atoms with Crippen LogP contribution in [0.1, 0.15) is 6.42 Å². The second-order valence-corrected chi connectivity index (χ2v) is 7.89. The molecule has 6 aliphatic carbocycles. The molecule has 0 aromatic heterocycles. The highest BCUT2D eigenvalue weighted by Crippen LogP contribution is 2.63. The Labute approximate surface area is 125 Å². The lowest BCUT2D eigenvalue weighted by Gasteiger charge is -2.34. The molecule has 0 aromatic rings. The van der Waals surface area contributed by atoms with Gasteiger partial charge in [0, 0.05) is 11.8 Å². The van der Waals surface area contributed by atoms with Crippen LogP contribution in [0.15, 0.2) is 60.3 Å². The molecule has 0 aliphatic heterocycles. The Bertz CT molecular complexity index is 678. The summed E-state index contributed by atoms with van der Waals surface area (Å²) in [7, 11) is 0. The molecule has 1 nitrogen and oxygen atoms in total. The topological polar surface area (TPSA) is 20.2 Å². The summed E-state index contributed by atoms with van der Waals surface area (Å²) in [4.78, 5) is 0. The zero-order chi connectivity index (χ0) is 13.8. The van der Waals surface area contributed by atoms with Crippen molar-refractivity contribution < 1.29 is 5.11 Å². The lowest BCUT2D eigenvalue weighted by atomic mass is 9.75. The maximum atomic E-state index is 11.6. The molecule has 1 saturated carbocycles. The van der Waals surface area contributed by atoms with Gasteiger partial charge in [-0.3, -0.25) is 0 Å². The van der Waals surface area contributed by atoms with Crippen molar-refractivity contribution in [3.05, 3.63) is 60.3 Å². The molecule has 0 heterocycles.